The summed E-state index contributed by atoms with van der Waals surface area (Å²) >= 11 is 0. The van der Waals surface area contributed by atoms with E-state index in [4.69, 9.17) is 0 Å². The zero-order chi connectivity index (χ0) is 23.6. The van der Waals surface area contributed by atoms with Crippen LogP contribution in [-0.2, 0) is 5.41 Å². The molecule has 0 amide bonds. The highest BCUT2D eigenvalue weighted by Gasteiger charge is 2.35. The van der Waals surface area contributed by atoms with E-state index in [0.717, 1.165) is 0 Å². The molecular weight excluding hydrogens is 422 g/mol. The molecule has 35 heavy (non-hydrogen) atoms. The lowest BCUT2D eigenvalue weighted by Gasteiger charge is -2.22. The molecule has 0 unspecified atom stereocenters. The van der Waals surface area contributed by atoms with Crippen molar-refractivity contribution in [1.29, 1.82) is 0 Å². The van der Waals surface area contributed by atoms with Crippen LogP contribution in [0.25, 0.3) is 54.9 Å². The Labute approximate surface area is 205 Å². The number of fused-ring (bicyclic) bond motifs is 5. The first-order valence-corrected chi connectivity index (χ1v) is 12.2. The summed E-state index contributed by atoms with van der Waals surface area (Å²) in [6.07, 6.45) is 3.95. The lowest BCUT2D eigenvalue weighted by molar-refractivity contribution is 0.660. The van der Waals surface area contributed by atoms with Crippen LogP contribution >= 0.6 is 0 Å². The van der Waals surface area contributed by atoms with Crippen molar-refractivity contribution in [3.05, 3.63) is 127 Å². The topological polar surface area (TPSA) is 12.9 Å². The number of aromatic nitrogens is 1. The molecule has 0 bridgehead atoms. The molecule has 0 spiro atoms. The Hall–Kier alpha value is -4.23. The molecule has 0 atom stereocenters. The Balaban J connectivity index is 1.59. The van der Waals surface area contributed by atoms with Crippen LogP contribution in [0.3, 0.4) is 0 Å². The van der Waals surface area contributed by atoms with Gasteiger partial charge in [-0.25, -0.2) is 0 Å². The predicted molar refractivity (Wildman–Crippen MR) is 148 cm³/mol. The van der Waals surface area contributed by atoms with E-state index in [1.807, 2.05) is 12.4 Å². The highest BCUT2D eigenvalue weighted by atomic mass is 14.6. The van der Waals surface area contributed by atoms with Crippen molar-refractivity contribution >= 4 is 21.5 Å². The van der Waals surface area contributed by atoms with E-state index in [0.29, 0.717) is 0 Å². The van der Waals surface area contributed by atoms with Crippen molar-refractivity contribution in [2.24, 2.45) is 0 Å². The largest absolute Gasteiger partial charge is 0.264 e. The summed E-state index contributed by atoms with van der Waals surface area (Å²) in [5.41, 5.74) is 10.5. The first kappa shape index (κ1) is 20.2. The van der Waals surface area contributed by atoms with Crippen LogP contribution < -0.4 is 0 Å². The van der Waals surface area contributed by atoms with Gasteiger partial charge in [0.1, 0.15) is 0 Å². The molecule has 0 N–H and O–H groups in total. The molecule has 0 saturated carbocycles. The Morgan fingerprint density at radius 3 is 1.94 bits per heavy atom. The van der Waals surface area contributed by atoms with Gasteiger partial charge in [0, 0.05) is 23.2 Å². The summed E-state index contributed by atoms with van der Waals surface area (Å²) in [6, 6.07) is 37.6. The molecule has 7 rings (SSSR count). The zero-order valence-electron chi connectivity index (χ0n) is 19.9. The first-order chi connectivity index (χ1) is 17.1. The fraction of sp³-hybridized carbons (Fsp3) is 0.0882. The van der Waals surface area contributed by atoms with Crippen LogP contribution in [0.15, 0.2) is 116 Å². The minimum absolute atomic E-state index is 0.00726. The number of nitrogens with zero attached hydrogens (tertiary/aromatic N) is 1. The van der Waals surface area contributed by atoms with Gasteiger partial charge < -0.3 is 0 Å². The van der Waals surface area contributed by atoms with Crippen molar-refractivity contribution in [1.82, 2.24) is 4.98 Å². The summed E-state index contributed by atoms with van der Waals surface area (Å²) in [6.45, 7) is 4.67. The number of benzene rings is 5. The van der Waals surface area contributed by atoms with E-state index in [1.54, 1.807) is 0 Å². The van der Waals surface area contributed by atoms with E-state index in [-0.39, 0.29) is 5.41 Å². The van der Waals surface area contributed by atoms with Crippen LogP contribution in [0.4, 0.5) is 0 Å². The van der Waals surface area contributed by atoms with Crippen LogP contribution in [0.2, 0.25) is 0 Å². The summed E-state index contributed by atoms with van der Waals surface area (Å²) < 4.78 is 0. The molecule has 0 saturated heterocycles. The van der Waals surface area contributed by atoms with Crippen molar-refractivity contribution in [2.75, 3.05) is 0 Å². The van der Waals surface area contributed by atoms with Crippen LogP contribution in [0.5, 0.6) is 0 Å². The average Bonchev–Trinajstić information content (AvgIpc) is 3.14. The van der Waals surface area contributed by atoms with Crippen molar-refractivity contribution in [3.8, 4) is 33.4 Å². The Bertz CT molecular complexity index is 1700. The lowest BCUT2D eigenvalue weighted by atomic mass is 9.81. The maximum Gasteiger partial charge on any atom is 0.0353 e. The van der Waals surface area contributed by atoms with E-state index in [9.17, 15) is 0 Å². The molecule has 0 fully saturated rings. The van der Waals surface area contributed by atoms with Gasteiger partial charge >= 0.3 is 0 Å². The quantitative estimate of drug-likeness (QED) is 0.241. The molecule has 1 aliphatic rings. The molecule has 1 nitrogen and oxygen atoms in total. The zero-order valence-corrected chi connectivity index (χ0v) is 19.9. The monoisotopic (exact) mass is 447 g/mol. The second kappa shape index (κ2) is 7.38. The Morgan fingerprint density at radius 1 is 0.514 bits per heavy atom. The number of rotatable bonds is 2. The third kappa shape index (κ3) is 2.85. The van der Waals surface area contributed by atoms with E-state index >= 15 is 0 Å². The molecule has 166 valence electrons. The molecule has 0 radical (unpaired) electrons. The minimum atomic E-state index is 0.00726. The lowest BCUT2D eigenvalue weighted by Crippen LogP contribution is -2.14. The van der Waals surface area contributed by atoms with Gasteiger partial charge in [0.25, 0.3) is 0 Å². The fourth-order valence-corrected chi connectivity index (χ4v) is 6.12. The van der Waals surface area contributed by atoms with Gasteiger partial charge in [-0.05, 0) is 72.8 Å². The Kier molecular flexibility index (Phi) is 4.25. The van der Waals surface area contributed by atoms with Crippen molar-refractivity contribution in [2.45, 2.75) is 19.3 Å². The number of pyridine rings is 1. The SMILES string of the molecule is CC1(C)c2ccccc2-c2cc(-c3c4ccccc4c(-c4ccccc4)c4ccncc34)ccc21. The van der Waals surface area contributed by atoms with Gasteiger partial charge in [-0.3, -0.25) is 4.98 Å². The molecule has 1 heterocycles. The predicted octanol–water partition coefficient (Wildman–Crippen LogP) is 9.03. The average molecular weight is 448 g/mol. The van der Waals surface area contributed by atoms with Gasteiger partial charge in [-0.2, -0.15) is 0 Å². The molecule has 6 aromatic rings. The smallest absolute Gasteiger partial charge is 0.0353 e. The highest BCUT2D eigenvalue weighted by molar-refractivity contribution is 6.21. The maximum atomic E-state index is 4.57. The second-order valence-corrected chi connectivity index (χ2v) is 10.0. The summed E-state index contributed by atoms with van der Waals surface area (Å²) in [5.74, 6) is 0. The van der Waals surface area contributed by atoms with Crippen molar-refractivity contribution < 1.29 is 0 Å². The fourth-order valence-electron chi connectivity index (χ4n) is 6.12. The van der Waals surface area contributed by atoms with Gasteiger partial charge in [0.2, 0.25) is 0 Å². The maximum absolute atomic E-state index is 4.57. The van der Waals surface area contributed by atoms with E-state index in [1.165, 1.54) is 66.1 Å². The molecule has 5 aromatic carbocycles. The molecule has 1 aliphatic carbocycles. The minimum Gasteiger partial charge on any atom is -0.264 e. The third-order valence-electron chi connectivity index (χ3n) is 7.76. The Morgan fingerprint density at radius 2 is 1.14 bits per heavy atom. The van der Waals surface area contributed by atoms with Gasteiger partial charge in [0.15, 0.2) is 0 Å². The molecule has 1 aromatic heterocycles. The molecule has 0 aliphatic heterocycles. The number of hydrogen-bond donors (Lipinski definition) is 0. The van der Waals surface area contributed by atoms with E-state index in [2.05, 4.69) is 122 Å². The summed E-state index contributed by atoms with van der Waals surface area (Å²) in [7, 11) is 0. The van der Waals surface area contributed by atoms with Crippen LogP contribution in [0, 0.1) is 0 Å². The molecule has 1 heteroatoms. The second-order valence-electron chi connectivity index (χ2n) is 10.0. The highest BCUT2D eigenvalue weighted by Crippen LogP contribution is 2.51. The number of hydrogen-bond acceptors (Lipinski definition) is 1. The normalized spacial score (nSPS) is 13.7. The summed E-state index contributed by atoms with van der Waals surface area (Å²) in [4.78, 5) is 4.57. The summed E-state index contributed by atoms with van der Waals surface area (Å²) in [5, 5.41) is 4.96. The van der Waals surface area contributed by atoms with Crippen LogP contribution in [0.1, 0.15) is 25.0 Å². The van der Waals surface area contributed by atoms with Crippen molar-refractivity contribution in [3.63, 3.8) is 0 Å². The molecular formula is C34H25N. The van der Waals surface area contributed by atoms with Crippen LogP contribution in [-0.4, -0.2) is 4.98 Å². The third-order valence-corrected chi connectivity index (χ3v) is 7.76. The van der Waals surface area contributed by atoms with Gasteiger partial charge in [-0.1, -0.05) is 105 Å². The standard InChI is InChI=1S/C34H25N/c1-34(2)30-15-9-8-12-24(30)28-20-23(16-17-31(28)34)33-26-14-7-6-13-25(26)32(22-10-4-3-5-11-22)27-18-19-35-21-29(27)33/h3-21H,1-2H3. The van der Waals surface area contributed by atoms with E-state index < -0.39 is 0 Å². The van der Waals surface area contributed by atoms with Gasteiger partial charge in [0.05, 0.1) is 0 Å². The van der Waals surface area contributed by atoms with Gasteiger partial charge in [-0.15, -0.1) is 0 Å². The first-order valence-electron chi connectivity index (χ1n) is 12.2.